The first kappa shape index (κ1) is 21.2. The summed E-state index contributed by atoms with van der Waals surface area (Å²) in [5, 5.41) is 5.71. The van der Waals surface area contributed by atoms with E-state index in [4.69, 9.17) is 21.1 Å². The molecule has 2 amide bonds. The third kappa shape index (κ3) is 6.59. The Balaban J connectivity index is 1.72. The number of halogens is 1. The zero-order valence-electron chi connectivity index (χ0n) is 15.5. The first-order valence-corrected chi connectivity index (χ1v) is 8.89. The summed E-state index contributed by atoms with van der Waals surface area (Å²) in [6.45, 7) is 1.00. The van der Waals surface area contributed by atoms with Crippen LogP contribution in [0.15, 0.2) is 48.5 Å². The second kappa shape index (κ2) is 10.3. The molecule has 0 heterocycles. The molecule has 0 fully saturated rings. The van der Waals surface area contributed by atoms with Gasteiger partial charge in [-0.15, -0.1) is 0 Å². The highest BCUT2D eigenvalue weighted by Crippen LogP contribution is 2.17. The quantitative estimate of drug-likeness (QED) is 0.659. The number of amides is 2. The predicted molar refractivity (Wildman–Crippen MR) is 104 cm³/mol. The molecule has 0 aromatic heterocycles. The summed E-state index contributed by atoms with van der Waals surface area (Å²) in [5.41, 5.74) is 1.21. The summed E-state index contributed by atoms with van der Waals surface area (Å²) < 4.78 is 9.89. The fourth-order valence-electron chi connectivity index (χ4n) is 2.34. The lowest BCUT2D eigenvalue weighted by Gasteiger charge is -2.14. The first-order chi connectivity index (χ1) is 13.4. The first-order valence-electron chi connectivity index (χ1n) is 8.51. The molecule has 0 aliphatic rings. The summed E-state index contributed by atoms with van der Waals surface area (Å²) in [6, 6.07) is 13.2. The second-order valence-corrected chi connectivity index (χ2v) is 6.35. The molecular weight excluding hydrogens is 384 g/mol. The zero-order valence-corrected chi connectivity index (χ0v) is 16.3. The van der Waals surface area contributed by atoms with Gasteiger partial charge in [-0.25, -0.2) is 0 Å². The van der Waals surface area contributed by atoms with Crippen LogP contribution in [0.25, 0.3) is 0 Å². The average Bonchev–Trinajstić information content (AvgIpc) is 2.70. The molecule has 2 rings (SSSR count). The van der Waals surface area contributed by atoms with Gasteiger partial charge < -0.3 is 20.1 Å². The molecule has 2 aromatic carbocycles. The molecule has 0 spiro atoms. The predicted octanol–water partition coefficient (Wildman–Crippen LogP) is 2.50. The highest BCUT2D eigenvalue weighted by Gasteiger charge is 2.13. The molecule has 2 aromatic rings. The van der Waals surface area contributed by atoms with Crippen molar-refractivity contribution in [3.8, 4) is 5.75 Å². The second-order valence-electron chi connectivity index (χ2n) is 5.92. The van der Waals surface area contributed by atoms with E-state index in [0.717, 1.165) is 5.56 Å². The van der Waals surface area contributed by atoms with E-state index < -0.39 is 24.4 Å². The van der Waals surface area contributed by atoms with Gasteiger partial charge in [0.25, 0.3) is 11.8 Å². The van der Waals surface area contributed by atoms with Crippen molar-refractivity contribution in [3.63, 3.8) is 0 Å². The van der Waals surface area contributed by atoms with Crippen LogP contribution in [0, 0.1) is 0 Å². The molecule has 2 N–H and O–H groups in total. The van der Waals surface area contributed by atoms with Crippen LogP contribution >= 0.6 is 11.6 Å². The lowest BCUT2D eigenvalue weighted by atomic mass is 10.1. The van der Waals surface area contributed by atoms with Gasteiger partial charge in [0.15, 0.2) is 6.61 Å². The summed E-state index contributed by atoms with van der Waals surface area (Å²) in [6.07, 6.45) is 0. The smallest absolute Gasteiger partial charge is 0.325 e. The number of rotatable bonds is 8. The number of hydrogen-bond donors (Lipinski definition) is 2. The van der Waals surface area contributed by atoms with E-state index in [2.05, 4.69) is 10.6 Å². The number of esters is 1. The van der Waals surface area contributed by atoms with E-state index in [0.29, 0.717) is 16.3 Å². The van der Waals surface area contributed by atoms with Gasteiger partial charge in [0.1, 0.15) is 12.3 Å². The Bertz CT molecular complexity index is 839. The van der Waals surface area contributed by atoms with E-state index in [1.54, 1.807) is 49.4 Å². The number of carbonyl (C=O) groups is 3. The van der Waals surface area contributed by atoms with Gasteiger partial charge in [-0.3, -0.25) is 14.4 Å². The number of ether oxygens (including phenoxy) is 2. The van der Waals surface area contributed by atoms with Gasteiger partial charge >= 0.3 is 5.97 Å². The van der Waals surface area contributed by atoms with Crippen molar-refractivity contribution in [2.24, 2.45) is 0 Å². The van der Waals surface area contributed by atoms with Crippen molar-refractivity contribution in [2.75, 3.05) is 20.3 Å². The summed E-state index contributed by atoms with van der Waals surface area (Å²) in [4.78, 5) is 35.6. The Hall–Kier alpha value is -3.06. The molecule has 0 aliphatic heterocycles. The van der Waals surface area contributed by atoms with Gasteiger partial charge in [0.2, 0.25) is 0 Å². The van der Waals surface area contributed by atoms with E-state index >= 15 is 0 Å². The number of carbonyl (C=O) groups excluding carboxylic acids is 3. The maximum Gasteiger partial charge on any atom is 0.325 e. The van der Waals surface area contributed by atoms with Gasteiger partial charge in [-0.2, -0.15) is 0 Å². The molecule has 0 saturated carbocycles. The van der Waals surface area contributed by atoms with Crippen molar-refractivity contribution >= 4 is 29.4 Å². The van der Waals surface area contributed by atoms with Crippen molar-refractivity contribution in [3.05, 3.63) is 64.7 Å². The molecule has 28 heavy (non-hydrogen) atoms. The SMILES string of the molecule is COc1ccc(C(=O)NCC(=O)OCC(=O)N[C@@H](C)c2cccc(Cl)c2)cc1. The van der Waals surface area contributed by atoms with Gasteiger partial charge in [0.05, 0.1) is 13.2 Å². The van der Waals surface area contributed by atoms with Gasteiger partial charge in [-0.1, -0.05) is 23.7 Å². The lowest BCUT2D eigenvalue weighted by molar-refractivity contribution is -0.147. The molecule has 0 saturated heterocycles. The minimum absolute atomic E-state index is 0.292. The normalized spacial score (nSPS) is 11.2. The highest BCUT2D eigenvalue weighted by molar-refractivity contribution is 6.30. The molecule has 1 atom stereocenters. The summed E-state index contributed by atoms with van der Waals surface area (Å²) in [7, 11) is 1.52. The maximum atomic E-state index is 12.0. The fraction of sp³-hybridized carbons (Fsp3) is 0.250. The Morgan fingerprint density at radius 3 is 2.46 bits per heavy atom. The number of nitrogens with one attached hydrogen (secondary N) is 2. The summed E-state index contributed by atoms with van der Waals surface area (Å²) in [5.74, 6) is -0.984. The topological polar surface area (TPSA) is 93.7 Å². The molecular formula is C20H21ClN2O5. The monoisotopic (exact) mass is 404 g/mol. The van der Waals surface area contributed by atoms with Crippen LogP contribution in [0.1, 0.15) is 28.9 Å². The van der Waals surface area contributed by atoms with Crippen molar-refractivity contribution in [1.29, 1.82) is 0 Å². The van der Waals surface area contributed by atoms with E-state index in [1.807, 2.05) is 6.07 Å². The Morgan fingerprint density at radius 1 is 1.11 bits per heavy atom. The minimum Gasteiger partial charge on any atom is -0.497 e. The standard InChI is InChI=1S/C20H21ClN2O5/c1-13(15-4-3-5-16(21)10-15)23-18(24)12-28-19(25)11-22-20(26)14-6-8-17(27-2)9-7-14/h3-10,13H,11-12H2,1-2H3,(H,22,26)(H,23,24)/t13-/m0/s1. The Labute approximate surface area is 168 Å². The van der Waals surface area contributed by atoms with Crippen LogP contribution in [0.5, 0.6) is 5.75 Å². The number of hydrogen-bond acceptors (Lipinski definition) is 5. The largest absolute Gasteiger partial charge is 0.497 e. The van der Waals surface area contributed by atoms with Crippen LogP contribution in [-0.2, 0) is 14.3 Å². The third-order valence-corrected chi connectivity index (χ3v) is 4.07. The fourth-order valence-corrected chi connectivity index (χ4v) is 2.54. The van der Waals surface area contributed by atoms with E-state index in [9.17, 15) is 14.4 Å². The zero-order chi connectivity index (χ0) is 20.5. The number of methoxy groups -OCH3 is 1. The maximum absolute atomic E-state index is 12.0. The van der Waals surface area contributed by atoms with Crippen molar-refractivity contribution in [1.82, 2.24) is 10.6 Å². The van der Waals surface area contributed by atoms with Crippen molar-refractivity contribution in [2.45, 2.75) is 13.0 Å². The Morgan fingerprint density at radius 2 is 1.82 bits per heavy atom. The molecule has 0 aliphatic carbocycles. The van der Waals surface area contributed by atoms with Crippen LogP contribution in [-0.4, -0.2) is 38.0 Å². The van der Waals surface area contributed by atoms with Crippen molar-refractivity contribution < 1.29 is 23.9 Å². The van der Waals surface area contributed by atoms with Crippen LogP contribution in [0.3, 0.4) is 0 Å². The van der Waals surface area contributed by atoms with Gasteiger partial charge in [-0.05, 0) is 48.9 Å². The van der Waals surface area contributed by atoms with E-state index in [1.165, 1.54) is 7.11 Å². The van der Waals surface area contributed by atoms with Crippen LogP contribution in [0.2, 0.25) is 5.02 Å². The molecule has 0 bridgehead atoms. The molecule has 0 radical (unpaired) electrons. The number of benzene rings is 2. The minimum atomic E-state index is -0.715. The lowest BCUT2D eigenvalue weighted by Crippen LogP contribution is -2.34. The van der Waals surface area contributed by atoms with E-state index in [-0.39, 0.29) is 12.6 Å². The molecule has 148 valence electrons. The average molecular weight is 405 g/mol. The molecule has 8 heteroatoms. The molecule has 0 unspecified atom stereocenters. The Kier molecular flexibility index (Phi) is 7.83. The van der Waals surface area contributed by atoms with Crippen LogP contribution < -0.4 is 15.4 Å². The van der Waals surface area contributed by atoms with Crippen LogP contribution in [0.4, 0.5) is 0 Å². The van der Waals surface area contributed by atoms with Gasteiger partial charge in [0, 0.05) is 10.6 Å². The summed E-state index contributed by atoms with van der Waals surface area (Å²) >= 11 is 5.93. The highest BCUT2D eigenvalue weighted by atomic mass is 35.5. The third-order valence-electron chi connectivity index (χ3n) is 3.84. The molecule has 7 nitrogen and oxygen atoms in total.